The second kappa shape index (κ2) is 9.03. The molecule has 0 radical (unpaired) electrons. The number of nitrogens with zero attached hydrogens (tertiary/aromatic N) is 4. The zero-order valence-corrected chi connectivity index (χ0v) is 16.8. The summed E-state index contributed by atoms with van der Waals surface area (Å²) in [5.41, 5.74) is 1.47. The summed E-state index contributed by atoms with van der Waals surface area (Å²) in [7, 11) is 0. The third kappa shape index (κ3) is 4.80. The van der Waals surface area contributed by atoms with Crippen LogP contribution in [-0.4, -0.2) is 52.1 Å². The van der Waals surface area contributed by atoms with E-state index >= 15 is 0 Å². The van der Waals surface area contributed by atoms with Gasteiger partial charge >= 0.3 is 0 Å². The summed E-state index contributed by atoms with van der Waals surface area (Å²) >= 11 is 0. The Bertz CT molecular complexity index is 687. The summed E-state index contributed by atoms with van der Waals surface area (Å²) in [5, 5.41) is 0. The van der Waals surface area contributed by atoms with Gasteiger partial charge in [-0.15, -0.1) is 0 Å². The van der Waals surface area contributed by atoms with Crippen LogP contribution in [0.1, 0.15) is 37.6 Å². The first-order valence-corrected chi connectivity index (χ1v) is 10.8. The van der Waals surface area contributed by atoms with Crippen LogP contribution in [0.15, 0.2) is 42.7 Å². The Kier molecular flexibility index (Phi) is 6.25. The zero-order chi connectivity index (χ0) is 18.5. The maximum atomic E-state index is 4.55. The van der Waals surface area contributed by atoms with Gasteiger partial charge in [0.05, 0.1) is 6.54 Å². The fourth-order valence-electron chi connectivity index (χ4n) is 4.94. The summed E-state index contributed by atoms with van der Waals surface area (Å²) in [4.78, 5) is 9.85. The van der Waals surface area contributed by atoms with Crippen molar-refractivity contribution >= 4 is 0 Å². The maximum absolute atomic E-state index is 4.55. The van der Waals surface area contributed by atoms with Gasteiger partial charge in [-0.3, -0.25) is 4.90 Å². The molecule has 4 nitrogen and oxygen atoms in total. The Hall–Kier alpha value is -1.65. The van der Waals surface area contributed by atoms with E-state index < -0.39 is 0 Å². The molecule has 1 aromatic heterocycles. The predicted octanol–water partition coefficient (Wildman–Crippen LogP) is 3.68. The van der Waals surface area contributed by atoms with Crippen LogP contribution in [0, 0.1) is 11.8 Å². The van der Waals surface area contributed by atoms with E-state index in [-0.39, 0.29) is 0 Å². The Balaban J connectivity index is 1.20. The Labute approximate surface area is 164 Å². The van der Waals surface area contributed by atoms with E-state index in [1.165, 1.54) is 69.8 Å². The number of hydrogen-bond donors (Lipinski definition) is 0. The molecule has 2 fully saturated rings. The minimum Gasteiger partial charge on any atom is -0.334 e. The molecule has 0 amide bonds. The van der Waals surface area contributed by atoms with Crippen molar-refractivity contribution < 1.29 is 0 Å². The lowest BCUT2D eigenvalue weighted by atomic mass is 9.84. The van der Waals surface area contributed by atoms with E-state index in [0.717, 1.165) is 24.9 Å². The quantitative estimate of drug-likeness (QED) is 0.747. The van der Waals surface area contributed by atoms with Crippen molar-refractivity contribution in [2.75, 3.05) is 32.7 Å². The van der Waals surface area contributed by atoms with Crippen LogP contribution in [0.3, 0.4) is 0 Å². The highest BCUT2D eigenvalue weighted by Crippen LogP contribution is 2.32. The zero-order valence-electron chi connectivity index (χ0n) is 16.8. The molecule has 0 unspecified atom stereocenters. The smallest absolute Gasteiger partial charge is 0.122 e. The minimum atomic E-state index is 0.917. The minimum absolute atomic E-state index is 0.917. The highest BCUT2D eigenvalue weighted by molar-refractivity contribution is 5.14. The second-order valence-electron chi connectivity index (χ2n) is 8.33. The third-order valence-corrected chi connectivity index (χ3v) is 6.67. The summed E-state index contributed by atoms with van der Waals surface area (Å²) in [5.74, 6) is 3.07. The van der Waals surface area contributed by atoms with Gasteiger partial charge in [-0.2, -0.15) is 0 Å². The fraction of sp³-hybridized carbons (Fsp3) is 0.609. The molecule has 3 heterocycles. The Morgan fingerprint density at radius 2 is 1.70 bits per heavy atom. The van der Waals surface area contributed by atoms with E-state index in [2.05, 4.69) is 62.8 Å². The largest absolute Gasteiger partial charge is 0.334 e. The van der Waals surface area contributed by atoms with Crippen molar-refractivity contribution in [2.45, 2.75) is 45.7 Å². The third-order valence-electron chi connectivity index (χ3n) is 6.67. The van der Waals surface area contributed by atoms with Crippen LogP contribution in [0.25, 0.3) is 0 Å². The summed E-state index contributed by atoms with van der Waals surface area (Å²) in [6.45, 7) is 10.5. The van der Waals surface area contributed by atoms with Crippen molar-refractivity contribution in [3.05, 3.63) is 54.1 Å². The van der Waals surface area contributed by atoms with E-state index in [9.17, 15) is 0 Å². The first-order chi connectivity index (χ1) is 13.3. The van der Waals surface area contributed by atoms with Crippen LogP contribution >= 0.6 is 0 Å². The highest BCUT2D eigenvalue weighted by Gasteiger charge is 2.31. The predicted molar refractivity (Wildman–Crippen MR) is 111 cm³/mol. The molecule has 146 valence electrons. The van der Waals surface area contributed by atoms with Gasteiger partial charge in [0.15, 0.2) is 0 Å². The standard InChI is InChI=1S/C23H34N4/c1-2-27-17-12-24-23(27)19-26-14-9-21(10-15-26)22-11-16-25(18-22)13-8-20-6-4-3-5-7-20/h3-7,12,17,21-22H,2,8-11,13-16,18-19H2,1H3/t22-/m0/s1. The molecule has 1 atom stereocenters. The van der Waals surface area contributed by atoms with E-state index in [1.807, 2.05) is 6.20 Å². The van der Waals surface area contributed by atoms with Gasteiger partial charge in [0.25, 0.3) is 0 Å². The first-order valence-electron chi connectivity index (χ1n) is 10.8. The average molecular weight is 367 g/mol. The van der Waals surface area contributed by atoms with Crippen LogP contribution in [-0.2, 0) is 19.5 Å². The normalized spacial score (nSPS) is 22.5. The van der Waals surface area contributed by atoms with Gasteiger partial charge in [-0.05, 0) is 69.6 Å². The highest BCUT2D eigenvalue weighted by atomic mass is 15.2. The number of likely N-dealkylation sites (tertiary alicyclic amines) is 2. The molecular weight excluding hydrogens is 332 g/mol. The first kappa shape index (κ1) is 18.7. The van der Waals surface area contributed by atoms with Crippen molar-refractivity contribution in [3.63, 3.8) is 0 Å². The lowest BCUT2D eigenvalue weighted by Gasteiger charge is -2.34. The molecule has 2 aliphatic heterocycles. The molecule has 0 saturated carbocycles. The Morgan fingerprint density at radius 1 is 0.963 bits per heavy atom. The summed E-state index contributed by atoms with van der Waals surface area (Å²) in [6.07, 6.45) is 9.36. The maximum Gasteiger partial charge on any atom is 0.122 e. The SMILES string of the molecule is CCn1ccnc1CN1CCC([C@H]2CCN(CCc3ccccc3)C2)CC1. The molecule has 0 bridgehead atoms. The lowest BCUT2D eigenvalue weighted by molar-refractivity contribution is 0.138. The summed E-state index contributed by atoms with van der Waals surface area (Å²) < 4.78 is 2.27. The molecule has 2 saturated heterocycles. The van der Waals surface area contributed by atoms with Crippen molar-refractivity contribution in [1.82, 2.24) is 19.4 Å². The topological polar surface area (TPSA) is 24.3 Å². The van der Waals surface area contributed by atoms with E-state index in [4.69, 9.17) is 0 Å². The monoisotopic (exact) mass is 366 g/mol. The second-order valence-corrected chi connectivity index (χ2v) is 8.33. The van der Waals surface area contributed by atoms with Gasteiger partial charge in [0, 0.05) is 32.0 Å². The fourth-order valence-corrected chi connectivity index (χ4v) is 4.94. The van der Waals surface area contributed by atoms with Crippen molar-refractivity contribution in [1.29, 1.82) is 0 Å². The number of imidazole rings is 1. The van der Waals surface area contributed by atoms with Gasteiger partial charge in [-0.25, -0.2) is 4.98 Å². The van der Waals surface area contributed by atoms with Gasteiger partial charge in [-0.1, -0.05) is 30.3 Å². The molecule has 27 heavy (non-hydrogen) atoms. The number of aromatic nitrogens is 2. The molecule has 4 heteroatoms. The van der Waals surface area contributed by atoms with Gasteiger partial charge in [0.2, 0.25) is 0 Å². The number of rotatable bonds is 7. The average Bonchev–Trinajstić information content (AvgIpc) is 3.37. The molecule has 1 aromatic carbocycles. The summed E-state index contributed by atoms with van der Waals surface area (Å²) in [6, 6.07) is 10.9. The van der Waals surface area contributed by atoms with E-state index in [1.54, 1.807) is 0 Å². The van der Waals surface area contributed by atoms with Gasteiger partial charge in [0.1, 0.15) is 5.82 Å². The van der Waals surface area contributed by atoms with Crippen molar-refractivity contribution in [2.24, 2.45) is 11.8 Å². The van der Waals surface area contributed by atoms with E-state index in [0.29, 0.717) is 0 Å². The van der Waals surface area contributed by atoms with Crippen LogP contribution in [0.2, 0.25) is 0 Å². The molecule has 4 rings (SSSR count). The molecule has 0 spiro atoms. The molecule has 2 aromatic rings. The lowest BCUT2D eigenvalue weighted by Crippen LogP contribution is -2.37. The molecule has 0 aliphatic carbocycles. The van der Waals surface area contributed by atoms with Crippen LogP contribution in [0.5, 0.6) is 0 Å². The molecular formula is C23H34N4. The van der Waals surface area contributed by atoms with Gasteiger partial charge < -0.3 is 9.47 Å². The van der Waals surface area contributed by atoms with Crippen molar-refractivity contribution in [3.8, 4) is 0 Å². The van der Waals surface area contributed by atoms with Crippen LogP contribution < -0.4 is 0 Å². The molecule has 2 aliphatic rings. The number of hydrogen-bond acceptors (Lipinski definition) is 3. The van der Waals surface area contributed by atoms with Crippen LogP contribution in [0.4, 0.5) is 0 Å². The molecule has 0 N–H and O–H groups in total. The number of piperidine rings is 1. The number of benzene rings is 1. The number of aryl methyl sites for hydroxylation is 1. The Morgan fingerprint density at radius 3 is 2.48 bits per heavy atom.